The van der Waals surface area contributed by atoms with Crippen LogP contribution in [0.15, 0.2) is 10.6 Å². The first-order valence-corrected chi connectivity index (χ1v) is 13.9. The van der Waals surface area contributed by atoms with Crippen LogP contribution in [-0.2, 0) is 14.4 Å². The van der Waals surface area contributed by atoms with Crippen LogP contribution >= 0.6 is 11.6 Å². The topological polar surface area (TPSA) is 134 Å². The highest BCUT2D eigenvalue weighted by Gasteiger charge is 2.35. The molecule has 3 atom stereocenters. The number of aromatic nitrogens is 1. The van der Waals surface area contributed by atoms with Gasteiger partial charge in [-0.1, -0.05) is 36.4 Å². The van der Waals surface area contributed by atoms with E-state index in [0.717, 1.165) is 0 Å². The Morgan fingerprint density at radius 1 is 1.42 bits per heavy atom. The van der Waals surface area contributed by atoms with Crippen molar-refractivity contribution in [1.82, 2.24) is 26.2 Å². The van der Waals surface area contributed by atoms with Crippen molar-refractivity contribution in [3.8, 4) is 0 Å². The fourth-order valence-corrected chi connectivity index (χ4v) is 4.72. The van der Waals surface area contributed by atoms with E-state index in [0.29, 0.717) is 29.8 Å². The van der Waals surface area contributed by atoms with Gasteiger partial charge in [-0.05, 0) is 19.4 Å². The second-order valence-corrected chi connectivity index (χ2v) is 14.5. The molecule has 0 saturated carbocycles. The van der Waals surface area contributed by atoms with E-state index in [9.17, 15) is 23.6 Å². The van der Waals surface area contributed by atoms with Crippen molar-refractivity contribution in [1.29, 1.82) is 0 Å². The summed E-state index contributed by atoms with van der Waals surface area (Å²) in [6.07, 6.45) is 0.429. The molecule has 0 aromatic carbocycles. The third-order valence-corrected chi connectivity index (χ3v) is 6.38. The lowest BCUT2D eigenvalue weighted by atomic mass is 10.1. The van der Waals surface area contributed by atoms with Crippen LogP contribution in [-0.4, -0.2) is 66.6 Å². The van der Waals surface area contributed by atoms with Gasteiger partial charge in [-0.2, -0.15) is 0 Å². The molecule has 2 rings (SSSR count). The van der Waals surface area contributed by atoms with E-state index < -0.39 is 43.4 Å². The summed E-state index contributed by atoms with van der Waals surface area (Å²) in [5, 5.41) is 9.55. The maximum absolute atomic E-state index is 13.5. The molecule has 4 amide bonds. The molecule has 0 radical (unpaired) electrons. The van der Waals surface area contributed by atoms with E-state index in [4.69, 9.17) is 16.1 Å². The molecule has 1 aliphatic rings. The zero-order chi connectivity index (χ0) is 23.3. The molecule has 1 aliphatic heterocycles. The molecule has 31 heavy (non-hydrogen) atoms. The number of carbonyl (C=O) groups excluding carboxylic acids is 4. The highest BCUT2D eigenvalue weighted by Crippen LogP contribution is 2.15. The lowest BCUT2D eigenvalue weighted by Gasteiger charge is -2.29. The highest BCUT2D eigenvalue weighted by atomic mass is 35.5. The molecule has 3 N–H and O–H groups in total. The Kier molecular flexibility index (Phi) is 8.18. The minimum absolute atomic E-state index is 0.00557. The van der Waals surface area contributed by atoms with Crippen LogP contribution < -0.4 is 16.1 Å². The molecule has 1 fully saturated rings. The Balaban J connectivity index is 2.17. The van der Waals surface area contributed by atoms with Gasteiger partial charge in [0.15, 0.2) is 5.69 Å². The molecule has 0 aliphatic carbocycles. The van der Waals surface area contributed by atoms with Gasteiger partial charge in [0.05, 0.1) is 12.5 Å². The molecule has 0 bridgehead atoms. The first-order valence-electron chi connectivity index (χ1n) is 9.79. The van der Waals surface area contributed by atoms with Crippen molar-refractivity contribution in [3.05, 3.63) is 17.5 Å². The molecule has 1 aromatic rings. The second kappa shape index (κ2) is 10.2. The first-order chi connectivity index (χ1) is 14.4. The Morgan fingerprint density at radius 2 is 2.10 bits per heavy atom. The fraction of sp³-hybridized carbons (Fsp3) is 0.611. The number of hydrazine groups is 1. The SMILES string of the molecule is Cc1cc(C(=O)N[C@@H](C[Si](C)(C)C)C(=O)NN(C[C@H]2CCNC2=O)C(=O)[C@H](F)Cl)no1. The lowest BCUT2D eigenvalue weighted by molar-refractivity contribution is -0.145. The number of nitrogens with zero attached hydrogens (tertiary/aromatic N) is 2. The predicted molar refractivity (Wildman–Crippen MR) is 112 cm³/mol. The molecule has 0 unspecified atom stereocenters. The van der Waals surface area contributed by atoms with E-state index in [-0.39, 0.29) is 18.1 Å². The van der Waals surface area contributed by atoms with Gasteiger partial charge in [-0.25, -0.2) is 9.40 Å². The van der Waals surface area contributed by atoms with Crippen molar-refractivity contribution in [3.63, 3.8) is 0 Å². The van der Waals surface area contributed by atoms with Gasteiger partial charge in [0.25, 0.3) is 23.4 Å². The minimum atomic E-state index is -2.40. The summed E-state index contributed by atoms with van der Waals surface area (Å²) in [6, 6.07) is 0.749. The van der Waals surface area contributed by atoms with Gasteiger partial charge in [-0.3, -0.25) is 24.6 Å². The lowest BCUT2D eigenvalue weighted by Crippen LogP contribution is -2.57. The summed E-state index contributed by atoms with van der Waals surface area (Å²) < 4.78 is 18.4. The van der Waals surface area contributed by atoms with E-state index in [1.54, 1.807) is 6.92 Å². The minimum Gasteiger partial charge on any atom is -0.361 e. The number of nitrogens with one attached hydrogen (secondary N) is 3. The highest BCUT2D eigenvalue weighted by molar-refractivity contribution is 6.76. The summed E-state index contributed by atoms with van der Waals surface area (Å²) in [5.74, 6) is -3.02. The van der Waals surface area contributed by atoms with E-state index >= 15 is 0 Å². The Hall–Kier alpha value is -2.47. The molecule has 0 spiro atoms. The van der Waals surface area contributed by atoms with Crippen molar-refractivity contribution in [2.45, 2.75) is 50.7 Å². The smallest absolute Gasteiger partial charge is 0.291 e. The van der Waals surface area contributed by atoms with Crippen LogP contribution in [0.1, 0.15) is 22.7 Å². The predicted octanol–water partition coefficient (Wildman–Crippen LogP) is 0.950. The number of amides is 4. The third kappa shape index (κ3) is 7.31. The van der Waals surface area contributed by atoms with Crippen molar-refractivity contribution in [2.75, 3.05) is 13.1 Å². The summed E-state index contributed by atoms with van der Waals surface area (Å²) in [6.45, 7) is 7.81. The summed E-state index contributed by atoms with van der Waals surface area (Å²) in [7, 11) is -1.88. The molecule has 1 saturated heterocycles. The molecule has 1 aromatic heterocycles. The molecule has 2 heterocycles. The van der Waals surface area contributed by atoms with Crippen LogP contribution in [0.3, 0.4) is 0 Å². The normalized spacial score (nSPS) is 18.1. The van der Waals surface area contributed by atoms with E-state index in [2.05, 4.69) is 21.2 Å². The number of aryl methyl sites for hydroxylation is 1. The maximum atomic E-state index is 13.5. The zero-order valence-corrected chi connectivity index (χ0v) is 19.6. The zero-order valence-electron chi connectivity index (χ0n) is 17.8. The van der Waals surface area contributed by atoms with Crippen LogP contribution in [0, 0.1) is 12.8 Å². The molecular formula is C18H27ClFN5O5Si. The summed E-state index contributed by atoms with van der Waals surface area (Å²) in [5.41, 5.74) is -0.0555. The van der Waals surface area contributed by atoms with Crippen LogP contribution in [0.4, 0.5) is 4.39 Å². The average Bonchev–Trinajstić information content (AvgIpc) is 3.27. The van der Waals surface area contributed by atoms with E-state index in [1.807, 2.05) is 19.6 Å². The number of carbonyl (C=O) groups is 4. The molecular weight excluding hydrogens is 449 g/mol. The second-order valence-electron chi connectivity index (χ2n) is 8.62. The third-order valence-electron chi connectivity index (χ3n) is 4.56. The van der Waals surface area contributed by atoms with Gasteiger partial charge >= 0.3 is 0 Å². The summed E-state index contributed by atoms with van der Waals surface area (Å²) >= 11 is 5.29. The van der Waals surface area contributed by atoms with Gasteiger partial charge in [0.2, 0.25) is 5.91 Å². The molecule has 10 nitrogen and oxygen atoms in total. The van der Waals surface area contributed by atoms with Gasteiger partial charge < -0.3 is 15.2 Å². The van der Waals surface area contributed by atoms with Crippen molar-refractivity contribution >= 4 is 43.3 Å². The van der Waals surface area contributed by atoms with Crippen LogP contribution in [0.5, 0.6) is 0 Å². The number of alkyl halides is 2. The number of hydrogen-bond donors (Lipinski definition) is 3. The Bertz CT molecular complexity index is 844. The number of halogens is 2. The Labute approximate surface area is 185 Å². The largest absolute Gasteiger partial charge is 0.361 e. The number of rotatable bonds is 8. The average molecular weight is 476 g/mol. The van der Waals surface area contributed by atoms with E-state index in [1.165, 1.54) is 6.07 Å². The number of hydrogen-bond acceptors (Lipinski definition) is 6. The molecule has 13 heteroatoms. The van der Waals surface area contributed by atoms with Gasteiger partial charge in [0.1, 0.15) is 11.8 Å². The standard InChI is InChI=1S/C18H27ClFN5O5Si/c1-10-7-12(24-30-10)16(27)22-13(9-31(2,3)4)17(28)23-25(18(29)14(19)20)8-11-5-6-21-15(11)26/h7,11,13-14H,5-6,8-9H2,1-4H3,(H,21,26)(H,22,27)(H,23,28)/t11-,13+,14+/m1/s1. The fourth-order valence-electron chi connectivity index (χ4n) is 3.09. The quantitative estimate of drug-likeness (QED) is 0.291. The first kappa shape index (κ1) is 24.8. The van der Waals surface area contributed by atoms with Gasteiger partial charge in [0, 0.05) is 20.7 Å². The van der Waals surface area contributed by atoms with Crippen LogP contribution in [0.25, 0.3) is 0 Å². The molecule has 172 valence electrons. The van der Waals surface area contributed by atoms with Crippen LogP contribution in [0.2, 0.25) is 25.7 Å². The summed E-state index contributed by atoms with van der Waals surface area (Å²) in [4.78, 5) is 49.5. The Morgan fingerprint density at radius 3 is 2.58 bits per heavy atom. The van der Waals surface area contributed by atoms with Gasteiger partial charge in [-0.15, -0.1) is 0 Å². The maximum Gasteiger partial charge on any atom is 0.291 e. The van der Waals surface area contributed by atoms with Crippen molar-refractivity contribution in [2.24, 2.45) is 5.92 Å². The monoisotopic (exact) mass is 475 g/mol. The van der Waals surface area contributed by atoms with Crippen molar-refractivity contribution < 1.29 is 28.1 Å².